The summed E-state index contributed by atoms with van der Waals surface area (Å²) in [6, 6.07) is 1.91. The van der Waals surface area contributed by atoms with Crippen molar-refractivity contribution in [1.82, 2.24) is 4.98 Å². The summed E-state index contributed by atoms with van der Waals surface area (Å²) in [7, 11) is -0.504. The summed E-state index contributed by atoms with van der Waals surface area (Å²) >= 11 is 0. The maximum atomic E-state index is 5.97. The van der Waals surface area contributed by atoms with Gasteiger partial charge in [-0.1, -0.05) is 6.07 Å². The molecule has 0 aromatic carbocycles. The van der Waals surface area contributed by atoms with E-state index in [1.165, 1.54) is 0 Å². The first-order valence-corrected chi connectivity index (χ1v) is 6.30. The van der Waals surface area contributed by atoms with Gasteiger partial charge in [0.15, 0.2) is 0 Å². The van der Waals surface area contributed by atoms with Crippen molar-refractivity contribution in [1.29, 1.82) is 0 Å². The number of nitrogens with two attached hydrogens (primary N) is 1. The van der Waals surface area contributed by atoms with Gasteiger partial charge >= 0.3 is 7.12 Å². The van der Waals surface area contributed by atoms with Gasteiger partial charge in [0.1, 0.15) is 5.82 Å². The molecule has 19 heavy (non-hydrogen) atoms. The Hall–Kier alpha value is -1.51. The van der Waals surface area contributed by atoms with Gasteiger partial charge < -0.3 is 15.0 Å². The molecule has 2 rings (SSSR count). The number of nitrogen functional groups attached to an aromatic ring is 1. The lowest BCUT2D eigenvalue weighted by Gasteiger charge is -2.32. The Kier molecular flexibility index (Phi) is 3.33. The number of hydrogen-bond donors (Lipinski definition) is 1. The molecule has 0 amide bonds. The monoisotopic (exact) mass is 258 g/mol. The third-order valence-electron chi connectivity index (χ3n) is 3.82. The lowest BCUT2D eigenvalue weighted by atomic mass is 9.78. The van der Waals surface area contributed by atoms with Crippen molar-refractivity contribution in [2.45, 2.75) is 45.3 Å². The van der Waals surface area contributed by atoms with Crippen LogP contribution in [0.25, 0.3) is 0 Å². The van der Waals surface area contributed by atoms with Crippen molar-refractivity contribution in [2.75, 3.05) is 5.73 Å². The first-order valence-electron chi connectivity index (χ1n) is 6.30. The molecule has 2 N–H and O–H groups in total. The smallest absolute Gasteiger partial charge is 0.399 e. The molecule has 0 bridgehead atoms. The molecule has 1 saturated heterocycles. The number of hydrogen-bond acceptors (Lipinski definition) is 4. The lowest BCUT2D eigenvalue weighted by molar-refractivity contribution is 0.00578. The van der Waals surface area contributed by atoms with E-state index in [-0.39, 0.29) is 0 Å². The molecule has 100 valence electrons. The summed E-state index contributed by atoms with van der Waals surface area (Å²) in [6.07, 6.45) is 7.51. The molecule has 1 aliphatic rings. The van der Waals surface area contributed by atoms with Crippen molar-refractivity contribution in [3.63, 3.8) is 0 Å². The van der Waals surface area contributed by atoms with Crippen LogP contribution in [0.2, 0.25) is 0 Å². The average Bonchev–Trinajstić information content (AvgIpc) is 2.51. The Morgan fingerprint density at radius 1 is 1.32 bits per heavy atom. The van der Waals surface area contributed by atoms with Crippen molar-refractivity contribution < 1.29 is 9.31 Å². The Morgan fingerprint density at radius 3 is 2.42 bits per heavy atom. The standard InChI is InChI=1S/C14H19BN2O2/c1-6-7-10-8-11(12(16)17-9-10)15-18-13(2,3)14(4,5)19-15/h1,8-9H,7H2,2-5H3,(H2,16,17). The zero-order chi connectivity index (χ0) is 14.3. The molecule has 0 saturated carbocycles. The zero-order valence-electron chi connectivity index (χ0n) is 11.9. The van der Waals surface area contributed by atoms with Crippen LogP contribution in [-0.4, -0.2) is 23.3 Å². The largest absolute Gasteiger partial charge is 0.498 e. The molecule has 0 aliphatic carbocycles. The van der Waals surface area contributed by atoms with Crippen LogP contribution in [0.4, 0.5) is 5.82 Å². The van der Waals surface area contributed by atoms with Gasteiger partial charge in [-0.2, -0.15) is 0 Å². The summed E-state index contributed by atoms with van der Waals surface area (Å²) in [6.45, 7) is 8.01. The molecule has 1 fully saturated rings. The zero-order valence-corrected chi connectivity index (χ0v) is 11.9. The van der Waals surface area contributed by atoms with Gasteiger partial charge in [-0.3, -0.25) is 0 Å². The second-order valence-electron chi connectivity index (χ2n) is 5.79. The van der Waals surface area contributed by atoms with Gasteiger partial charge in [-0.05, 0) is 33.3 Å². The minimum atomic E-state index is -0.504. The second-order valence-corrected chi connectivity index (χ2v) is 5.79. The van der Waals surface area contributed by atoms with Gasteiger partial charge in [-0.15, -0.1) is 12.3 Å². The van der Waals surface area contributed by atoms with Crippen LogP contribution < -0.4 is 11.2 Å². The van der Waals surface area contributed by atoms with E-state index in [1.54, 1.807) is 6.20 Å². The van der Waals surface area contributed by atoms with E-state index in [2.05, 4.69) is 10.9 Å². The van der Waals surface area contributed by atoms with Gasteiger partial charge in [0.2, 0.25) is 0 Å². The van der Waals surface area contributed by atoms with Gasteiger partial charge in [-0.25, -0.2) is 4.98 Å². The third kappa shape index (κ3) is 2.47. The predicted octanol–water partition coefficient (Wildman–Crippen LogP) is 1.14. The van der Waals surface area contributed by atoms with E-state index in [0.29, 0.717) is 12.2 Å². The van der Waals surface area contributed by atoms with Crippen LogP contribution >= 0.6 is 0 Å². The number of rotatable bonds is 2. The van der Waals surface area contributed by atoms with Crippen LogP contribution in [0, 0.1) is 12.3 Å². The highest BCUT2D eigenvalue weighted by Crippen LogP contribution is 2.36. The molecule has 1 aliphatic heterocycles. The highest BCUT2D eigenvalue weighted by atomic mass is 16.7. The second kappa shape index (κ2) is 4.55. The number of anilines is 1. The molecule has 5 heteroatoms. The summed E-state index contributed by atoms with van der Waals surface area (Å²) in [5.41, 5.74) is 6.80. The van der Waals surface area contributed by atoms with Crippen LogP contribution in [0.5, 0.6) is 0 Å². The molecule has 1 aromatic heterocycles. The Morgan fingerprint density at radius 2 is 1.89 bits per heavy atom. The minimum absolute atomic E-state index is 0.397. The van der Waals surface area contributed by atoms with E-state index < -0.39 is 18.3 Å². The van der Waals surface area contributed by atoms with Crippen LogP contribution in [0.1, 0.15) is 33.3 Å². The summed E-state index contributed by atoms with van der Waals surface area (Å²) < 4.78 is 11.9. The van der Waals surface area contributed by atoms with Crippen LogP contribution in [0.15, 0.2) is 12.3 Å². The molecule has 4 nitrogen and oxygen atoms in total. The van der Waals surface area contributed by atoms with Crippen molar-refractivity contribution >= 4 is 18.4 Å². The number of aromatic nitrogens is 1. The van der Waals surface area contributed by atoms with Gasteiger partial charge in [0.25, 0.3) is 0 Å². The quantitative estimate of drug-likeness (QED) is 0.638. The maximum Gasteiger partial charge on any atom is 0.498 e. The first-order chi connectivity index (χ1) is 8.77. The van der Waals surface area contributed by atoms with Crippen molar-refractivity contribution in [3.05, 3.63) is 17.8 Å². The van der Waals surface area contributed by atoms with E-state index >= 15 is 0 Å². The normalized spacial score (nSPS) is 20.3. The topological polar surface area (TPSA) is 57.4 Å². The van der Waals surface area contributed by atoms with E-state index in [4.69, 9.17) is 21.5 Å². The van der Waals surface area contributed by atoms with Gasteiger partial charge in [0.05, 0.1) is 11.2 Å². The molecule has 0 unspecified atom stereocenters. The number of nitrogens with zero attached hydrogens (tertiary/aromatic N) is 1. The highest BCUT2D eigenvalue weighted by molar-refractivity contribution is 6.63. The predicted molar refractivity (Wildman–Crippen MR) is 76.9 cm³/mol. The molecular weight excluding hydrogens is 239 g/mol. The number of terminal acetylenes is 1. The molecule has 0 radical (unpaired) electrons. The molecular formula is C14H19BN2O2. The highest BCUT2D eigenvalue weighted by Gasteiger charge is 2.52. The fourth-order valence-electron chi connectivity index (χ4n) is 1.91. The first kappa shape index (κ1) is 13.9. The fraction of sp³-hybridized carbons (Fsp3) is 0.500. The Labute approximate surface area is 114 Å². The van der Waals surface area contributed by atoms with Crippen molar-refractivity contribution in [2.24, 2.45) is 0 Å². The summed E-state index contributed by atoms with van der Waals surface area (Å²) in [4.78, 5) is 4.16. The van der Waals surface area contributed by atoms with E-state index in [9.17, 15) is 0 Å². The lowest BCUT2D eigenvalue weighted by Crippen LogP contribution is -2.41. The SMILES string of the molecule is C#CCc1cnc(N)c(B2OC(C)(C)C(C)(C)O2)c1. The van der Waals surface area contributed by atoms with Crippen LogP contribution in [0.3, 0.4) is 0 Å². The number of pyridine rings is 1. The maximum absolute atomic E-state index is 5.97. The molecule has 0 spiro atoms. The molecule has 2 heterocycles. The molecule has 1 aromatic rings. The third-order valence-corrected chi connectivity index (χ3v) is 3.82. The van der Waals surface area contributed by atoms with E-state index in [0.717, 1.165) is 11.0 Å². The summed E-state index contributed by atoms with van der Waals surface area (Å²) in [5.74, 6) is 3.01. The Balaban J connectivity index is 2.34. The summed E-state index contributed by atoms with van der Waals surface area (Å²) in [5, 5.41) is 0. The van der Waals surface area contributed by atoms with E-state index in [1.807, 2.05) is 33.8 Å². The molecule has 0 atom stereocenters. The van der Waals surface area contributed by atoms with Crippen molar-refractivity contribution in [3.8, 4) is 12.3 Å². The minimum Gasteiger partial charge on any atom is -0.399 e. The average molecular weight is 258 g/mol. The Bertz CT molecular complexity index is 519. The van der Waals surface area contributed by atoms with Crippen LogP contribution in [-0.2, 0) is 15.7 Å². The van der Waals surface area contributed by atoms with Gasteiger partial charge in [0, 0.05) is 18.1 Å². The fourth-order valence-corrected chi connectivity index (χ4v) is 1.91.